The Kier molecular flexibility index (Phi) is 2.49. The van der Waals surface area contributed by atoms with Crippen molar-refractivity contribution < 1.29 is 4.79 Å². The van der Waals surface area contributed by atoms with Crippen LogP contribution in [0.2, 0.25) is 0 Å². The third-order valence-corrected chi connectivity index (χ3v) is 3.45. The van der Waals surface area contributed by atoms with Gasteiger partial charge in [0, 0.05) is 13.1 Å². The first kappa shape index (κ1) is 9.93. The van der Waals surface area contributed by atoms with Gasteiger partial charge in [0.2, 0.25) is 5.91 Å². The summed E-state index contributed by atoms with van der Waals surface area (Å²) in [4.78, 5) is 15.6. The smallest absolute Gasteiger partial charge is 0.236 e. The Labute approximate surface area is 85.0 Å². The van der Waals surface area contributed by atoms with Crippen molar-refractivity contribution in [3.05, 3.63) is 0 Å². The fourth-order valence-electron chi connectivity index (χ4n) is 2.57. The first-order valence-electron chi connectivity index (χ1n) is 5.26. The third kappa shape index (κ3) is 1.64. The minimum Gasteiger partial charge on any atom is -0.341 e. The molecule has 2 rings (SSSR count). The van der Waals surface area contributed by atoms with Gasteiger partial charge >= 0.3 is 0 Å². The molecule has 2 fully saturated rings. The number of hydrogen-bond donors (Lipinski definition) is 1. The predicted octanol–water partition coefficient (Wildman–Crippen LogP) is -0.789. The Balaban J connectivity index is 1.79. The molecule has 1 aliphatic carbocycles. The zero-order chi connectivity index (χ0) is 10.3. The molecule has 14 heavy (non-hydrogen) atoms. The number of fused-ring (bicyclic) bond motifs is 1. The number of piperidine rings is 1. The molecule has 0 radical (unpaired) electrons. The van der Waals surface area contributed by atoms with Crippen LogP contribution in [0, 0.1) is 17.8 Å². The van der Waals surface area contributed by atoms with E-state index in [1.54, 1.807) is 0 Å². The predicted molar refractivity (Wildman–Crippen MR) is 54.7 cm³/mol. The highest BCUT2D eigenvalue weighted by Crippen LogP contribution is 2.50. The molecule has 0 aromatic carbocycles. The van der Waals surface area contributed by atoms with Gasteiger partial charge in [-0.25, -0.2) is 0 Å². The lowest BCUT2D eigenvalue weighted by Crippen LogP contribution is -2.38. The molecule has 1 amide bonds. The van der Waals surface area contributed by atoms with Gasteiger partial charge in [0.05, 0.1) is 6.54 Å². The molecule has 0 spiro atoms. The molecular formula is C10H19N3O. The highest BCUT2D eigenvalue weighted by Gasteiger charge is 2.55. The molecule has 0 aromatic heterocycles. The number of carbonyl (C=O) groups is 1. The molecule has 2 aliphatic rings. The van der Waals surface area contributed by atoms with E-state index in [2.05, 4.69) is 0 Å². The van der Waals surface area contributed by atoms with Gasteiger partial charge in [-0.1, -0.05) is 0 Å². The van der Waals surface area contributed by atoms with E-state index in [9.17, 15) is 4.79 Å². The van der Waals surface area contributed by atoms with Gasteiger partial charge in [-0.3, -0.25) is 4.79 Å². The number of rotatable bonds is 3. The molecule has 4 nitrogen and oxygen atoms in total. The highest BCUT2D eigenvalue weighted by molar-refractivity contribution is 5.78. The van der Waals surface area contributed by atoms with Crippen molar-refractivity contribution in [1.29, 1.82) is 0 Å². The average molecular weight is 197 g/mol. The minimum atomic E-state index is 0.262. The molecule has 1 aliphatic heterocycles. The molecule has 80 valence electrons. The van der Waals surface area contributed by atoms with Crippen molar-refractivity contribution in [1.82, 2.24) is 9.80 Å². The van der Waals surface area contributed by atoms with Crippen LogP contribution < -0.4 is 5.73 Å². The van der Waals surface area contributed by atoms with Crippen molar-refractivity contribution in [3.8, 4) is 0 Å². The monoisotopic (exact) mass is 197 g/mol. The van der Waals surface area contributed by atoms with Crippen molar-refractivity contribution >= 4 is 5.91 Å². The maximum absolute atomic E-state index is 11.7. The van der Waals surface area contributed by atoms with E-state index in [4.69, 9.17) is 5.73 Å². The first-order chi connectivity index (χ1) is 6.63. The van der Waals surface area contributed by atoms with E-state index in [0.717, 1.165) is 19.6 Å². The molecule has 0 aromatic rings. The minimum absolute atomic E-state index is 0.262. The van der Waals surface area contributed by atoms with E-state index in [1.807, 2.05) is 23.9 Å². The zero-order valence-corrected chi connectivity index (χ0v) is 8.94. The van der Waals surface area contributed by atoms with Gasteiger partial charge in [0.15, 0.2) is 0 Å². The van der Waals surface area contributed by atoms with Crippen LogP contribution >= 0.6 is 0 Å². The quantitative estimate of drug-likeness (QED) is 0.645. The fourth-order valence-corrected chi connectivity index (χ4v) is 2.57. The maximum atomic E-state index is 11.7. The normalized spacial score (nSPS) is 34.9. The fraction of sp³-hybridized carbons (Fsp3) is 0.900. The summed E-state index contributed by atoms with van der Waals surface area (Å²) in [6, 6.07) is 0. The van der Waals surface area contributed by atoms with E-state index >= 15 is 0 Å². The second-order valence-corrected chi connectivity index (χ2v) is 4.76. The van der Waals surface area contributed by atoms with Crippen molar-refractivity contribution in [2.45, 2.75) is 0 Å². The van der Waals surface area contributed by atoms with Crippen LogP contribution in [0.4, 0.5) is 0 Å². The number of nitrogens with two attached hydrogens (primary N) is 1. The largest absolute Gasteiger partial charge is 0.341 e. The van der Waals surface area contributed by atoms with Gasteiger partial charge in [0.25, 0.3) is 0 Å². The van der Waals surface area contributed by atoms with E-state index in [-0.39, 0.29) is 5.91 Å². The lowest BCUT2D eigenvalue weighted by molar-refractivity contribution is -0.131. The Morgan fingerprint density at radius 3 is 2.43 bits per heavy atom. The summed E-state index contributed by atoms with van der Waals surface area (Å²) in [5.41, 5.74) is 5.61. The number of nitrogens with zero attached hydrogens (tertiary/aromatic N) is 2. The number of hydrogen-bond acceptors (Lipinski definition) is 3. The van der Waals surface area contributed by atoms with Crippen molar-refractivity contribution in [3.63, 3.8) is 0 Å². The van der Waals surface area contributed by atoms with E-state index < -0.39 is 0 Å². The van der Waals surface area contributed by atoms with Crippen molar-refractivity contribution in [2.75, 3.05) is 40.3 Å². The van der Waals surface area contributed by atoms with Crippen LogP contribution in [0.3, 0.4) is 0 Å². The lowest BCUT2D eigenvalue weighted by atomic mass is 10.2. The van der Waals surface area contributed by atoms with Gasteiger partial charge in [-0.05, 0) is 38.4 Å². The molecule has 1 saturated heterocycles. The molecule has 1 saturated carbocycles. The SMILES string of the molecule is CN(C)CC(=O)N1CC2C(CN)C2C1. The summed E-state index contributed by atoms with van der Waals surface area (Å²) in [5, 5.41) is 0. The Morgan fingerprint density at radius 2 is 2.00 bits per heavy atom. The first-order valence-corrected chi connectivity index (χ1v) is 5.26. The van der Waals surface area contributed by atoms with Crippen LogP contribution in [-0.4, -0.2) is 56.0 Å². The third-order valence-electron chi connectivity index (χ3n) is 3.45. The number of likely N-dealkylation sites (tertiary alicyclic amines) is 1. The second kappa shape index (κ2) is 3.51. The van der Waals surface area contributed by atoms with Crippen molar-refractivity contribution in [2.24, 2.45) is 23.5 Å². The summed E-state index contributed by atoms with van der Waals surface area (Å²) < 4.78 is 0. The summed E-state index contributed by atoms with van der Waals surface area (Å²) in [5.74, 6) is 2.40. The van der Waals surface area contributed by atoms with Gasteiger partial charge in [-0.2, -0.15) is 0 Å². The van der Waals surface area contributed by atoms with Crippen LogP contribution in [0.1, 0.15) is 0 Å². The number of carbonyl (C=O) groups excluding carboxylic acids is 1. The summed E-state index contributed by atoms with van der Waals surface area (Å²) in [6.45, 7) is 3.22. The molecule has 2 atom stereocenters. The summed E-state index contributed by atoms with van der Waals surface area (Å²) in [7, 11) is 3.86. The van der Waals surface area contributed by atoms with E-state index in [0.29, 0.717) is 24.3 Å². The summed E-state index contributed by atoms with van der Waals surface area (Å²) in [6.07, 6.45) is 0. The van der Waals surface area contributed by atoms with Crippen LogP contribution in [0.15, 0.2) is 0 Å². The molecule has 0 bridgehead atoms. The summed E-state index contributed by atoms with van der Waals surface area (Å²) >= 11 is 0. The standard InChI is InChI=1S/C10H19N3O/c1-12(2)6-10(14)13-4-8-7(3-11)9(8)5-13/h7-9H,3-6,11H2,1-2H3. The van der Waals surface area contributed by atoms with Crippen LogP contribution in [0.5, 0.6) is 0 Å². The molecule has 4 heteroatoms. The molecule has 1 heterocycles. The highest BCUT2D eigenvalue weighted by atomic mass is 16.2. The zero-order valence-electron chi connectivity index (χ0n) is 8.94. The average Bonchev–Trinajstić information content (AvgIpc) is 2.56. The molecular weight excluding hydrogens is 178 g/mol. The van der Waals surface area contributed by atoms with Crippen LogP contribution in [-0.2, 0) is 4.79 Å². The lowest BCUT2D eigenvalue weighted by Gasteiger charge is -2.21. The van der Waals surface area contributed by atoms with Crippen LogP contribution in [0.25, 0.3) is 0 Å². The molecule has 2 N–H and O–H groups in total. The van der Waals surface area contributed by atoms with Gasteiger partial charge in [0.1, 0.15) is 0 Å². The Morgan fingerprint density at radius 1 is 1.43 bits per heavy atom. The second-order valence-electron chi connectivity index (χ2n) is 4.76. The van der Waals surface area contributed by atoms with Gasteiger partial charge < -0.3 is 15.5 Å². The van der Waals surface area contributed by atoms with E-state index in [1.165, 1.54) is 0 Å². The van der Waals surface area contributed by atoms with Gasteiger partial charge in [-0.15, -0.1) is 0 Å². The Hall–Kier alpha value is -0.610. The molecule has 2 unspecified atom stereocenters. The Bertz CT molecular complexity index is 230. The number of amides is 1. The maximum Gasteiger partial charge on any atom is 0.236 e. The topological polar surface area (TPSA) is 49.6 Å². The number of likely N-dealkylation sites (N-methyl/N-ethyl adjacent to an activating group) is 1.